The summed E-state index contributed by atoms with van der Waals surface area (Å²) in [5.41, 5.74) is 0.581. The van der Waals surface area contributed by atoms with E-state index in [1.165, 1.54) is 23.5 Å². The summed E-state index contributed by atoms with van der Waals surface area (Å²) in [4.78, 5) is 21.1. The number of carbonyl (C=O) groups excluding carboxylic acids is 1. The highest BCUT2D eigenvalue weighted by Crippen LogP contribution is 2.27. The second-order valence-electron chi connectivity index (χ2n) is 7.58. The number of amides is 2. The van der Waals surface area contributed by atoms with Gasteiger partial charge in [0.2, 0.25) is 15.9 Å². The number of aromatic nitrogens is 2. The van der Waals surface area contributed by atoms with Crippen molar-refractivity contribution in [3.8, 4) is 16.5 Å². The molecule has 2 aromatic heterocycles. The van der Waals surface area contributed by atoms with E-state index in [9.17, 15) is 13.2 Å². The molecule has 0 spiro atoms. The lowest BCUT2D eigenvalue weighted by molar-refractivity contribution is 0.173. The van der Waals surface area contributed by atoms with Crippen LogP contribution < -0.4 is 25.8 Å². The number of nitrogens with one attached hydrogen (secondary N) is 3. The second kappa shape index (κ2) is 9.83. The van der Waals surface area contributed by atoms with E-state index in [0.717, 1.165) is 19.4 Å². The number of sulfonamides is 1. The van der Waals surface area contributed by atoms with Crippen LogP contribution in [-0.2, 0) is 10.0 Å². The maximum absolute atomic E-state index is 12.4. The summed E-state index contributed by atoms with van der Waals surface area (Å²) in [6.07, 6.45) is 2.15. The van der Waals surface area contributed by atoms with Crippen LogP contribution in [0, 0.1) is 0 Å². The maximum atomic E-state index is 12.4. The van der Waals surface area contributed by atoms with Gasteiger partial charge in [-0.05, 0) is 44.5 Å². The highest BCUT2D eigenvalue weighted by Gasteiger charge is 2.22. The van der Waals surface area contributed by atoms with Gasteiger partial charge in [-0.2, -0.15) is 4.98 Å². The average molecular weight is 489 g/mol. The topological polar surface area (TPSA) is 148 Å². The first kappa shape index (κ1) is 23.1. The largest absolute Gasteiger partial charge is 0.473 e. The lowest BCUT2D eigenvalue weighted by Crippen LogP contribution is -2.36. The Morgan fingerprint density at radius 3 is 2.76 bits per heavy atom. The lowest BCUT2D eigenvalue weighted by Gasteiger charge is -2.20. The van der Waals surface area contributed by atoms with Gasteiger partial charge in [0, 0.05) is 23.1 Å². The molecule has 12 heteroatoms. The van der Waals surface area contributed by atoms with Crippen LogP contribution in [0.4, 0.5) is 16.4 Å². The summed E-state index contributed by atoms with van der Waals surface area (Å²) in [5, 5.41) is 16.1. The zero-order chi connectivity index (χ0) is 23.4. The van der Waals surface area contributed by atoms with Gasteiger partial charge in [-0.3, -0.25) is 10.6 Å². The Bertz CT molecular complexity index is 1240. The van der Waals surface area contributed by atoms with Gasteiger partial charge in [0.15, 0.2) is 0 Å². The number of ether oxygens (including phenoxy) is 1. The first-order chi connectivity index (χ1) is 15.8. The molecule has 4 rings (SSSR count). The van der Waals surface area contributed by atoms with E-state index in [-0.39, 0.29) is 17.0 Å². The van der Waals surface area contributed by atoms with Crippen LogP contribution in [-0.4, -0.2) is 43.1 Å². The molecule has 2 atom stereocenters. The van der Waals surface area contributed by atoms with Gasteiger partial charge in [-0.15, -0.1) is 11.3 Å². The van der Waals surface area contributed by atoms with Gasteiger partial charge >= 0.3 is 6.03 Å². The van der Waals surface area contributed by atoms with Crippen molar-refractivity contribution >= 4 is 39.0 Å². The molecule has 1 aliphatic rings. The van der Waals surface area contributed by atoms with Crippen molar-refractivity contribution in [1.29, 1.82) is 0 Å². The van der Waals surface area contributed by atoms with Crippen LogP contribution in [0.25, 0.3) is 10.6 Å². The van der Waals surface area contributed by atoms with Crippen molar-refractivity contribution < 1.29 is 17.9 Å². The summed E-state index contributed by atoms with van der Waals surface area (Å²) in [6.45, 7) is 2.99. The first-order valence-corrected chi connectivity index (χ1v) is 12.7. The number of nitrogens with zero attached hydrogens (tertiary/aromatic N) is 2. The molecule has 33 heavy (non-hydrogen) atoms. The van der Waals surface area contributed by atoms with E-state index < -0.39 is 16.1 Å². The number of urea groups is 1. The van der Waals surface area contributed by atoms with Gasteiger partial charge in [0.05, 0.1) is 4.90 Å². The molecule has 0 aliphatic carbocycles. The number of thiazole rings is 1. The monoisotopic (exact) mass is 488 g/mol. The molecule has 174 valence electrons. The fourth-order valence-corrected chi connectivity index (χ4v) is 4.78. The van der Waals surface area contributed by atoms with Crippen molar-refractivity contribution in [3.63, 3.8) is 0 Å². The fourth-order valence-electron chi connectivity index (χ4n) is 3.47. The highest BCUT2D eigenvalue weighted by molar-refractivity contribution is 7.89. The Morgan fingerprint density at radius 1 is 1.21 bits per heavy atom. The number of benzene rings is 1. The Balaban J connectivity index is 1.37. The van der Waals surface area contributed by atoms with Crippen molar-refractivity contribution in [2.24, 2.45) is 5.14 Å². The molecule has 5 N–H and O–H groups in total. The van der Waals surface area contributed by atoms with Gasteiger partial charge in [0.1, 0.15) is 22.7 Å². The standard InChI is InChI=1S/C21H24N6O4S2/c1-13(16-7-4-10-23-16)31-19-9-3-8-17(24-19)26-21(28)27-18-12-32-20(25-18)14-5-2-6-15(11-14)33(22,29)30/h2-3,5-6,8-9,11-13,16,23H,4,7,10H2,1H3,(H2,22,29,30)(H2,24,26,27,28). The number of pyridine rings is 1. The quantitative estimate of drug-likeness (QED) is 0.399. The minimum Gasteiger partial charge on any atom is -0.473 e. The first-order valence-electron chi connectivity index (χ1n) is 10.3. The van der Waals surface area contributed by atoms with Gasteiger partial charge in [-0.25, -0.2) is 23.3 Å². The Kier molecular flexibility index (Phi) is 6.88. The summed E-state index contributed by atoms with van der Waals surface area (Å²) < 4.78 is 29.1. The fraction of sp³-hybridized carbons (Fsp3) is 0.286. The summed E-state index contributed by atoms with van der Waals surface area (Å²) in [7, 11) is -3.82. The van der Waals surface area contributed by atoms with Crippen LogP contribution in [0.15, 0.2) is 52.7 Å². The molecule has 1 aromatic carbocycles. The molecular formula is C21H24N6O4S2. The van der Waals surface area contributed by atoms with Gasteiger partial charge in [-0.1, -0.05) is 18.2 Å². The number of rotatable bonds is 7. The molecule has 2 unspecified atom stereocenters. The zero-order valence-electron chi connectivity index (χ0n) is 17.8. The van der Waals surface area contributed by atoms with Gasteiger partial charge in [0.25, 0.3) is 0 Å². The molecule has 1 fully saturated rings. The third-order valence-electron chi connectivity index (χ3n) is 5.09. The minimum absolute atomic E-state index is 0.00587. The summed E-state index contributed by atoms with van der Waals surface area (Å²) >= 11 is 1.26. The molecule has 0 bridgehead atoms. The minimum atomic E-state index is -3.82. The van der Waals surface area contributed by atoms with Crippen LogP contribution in [0.2, 0.25) is 0 Å². The number of nitrogens with two attached hydrogens (primary N) is 1. The number of carbonyl (C=O) groups is 1. The molecule has 0 saturated carbocycles. The third kappa shape index (κ3) is 6.05. The number of hydrogen-bond donors (Lipinski definition) is 4. The molecule has 10 nitrogen and oxygen atoms in total. The number of primary sulfonamides is 1. The summed E-state index contributed by atoms with van der Waals surface area (Å²) in [5.74, 6) is 1.09. The van der Waals surface area contributed by atoms with E-state index in [1.54, 1.807) is 35.7 Å². The number of anilines is 2. The molecular weight excluding hydrogens is 464 g/mol. The lowest BCUT2D eigenvalue weighted by atomic mass is 10.1. The summed E-state index contributed by atoms with van der Waals surface area (Å²) in [6, 6.07) is 11.1. The van der Waals surface area contributed by atoms with Crippen molar-refractivity contribution in [1.82, 2.24) is 15.3 Å². The van der Waals surface area contributed by atoms with E-state index in [4.69, 9.17) is 9.88 Å². The van der Waals surface area contributed by atoms with Crippen molar-refractivity contribution in [2.75, 3.05) is 17.2 Å². The Morgan fingerprint density at radius 2 is 2.00 bits per heavy atom. The van der Waals surface area contributed by atoms with Crippen LogP contribution >= 0.6 is 11.3 Å². The Labute approximate surface area is 195 Å². The maximum Gasteiger partial charge on any atom is 0.326 e. The van der Waals surface area contributed by atoms with Gasteiger partial charge < -0.3 is 10.1 Å². The predicted octanol–water partition coefficient (Wildman–Crippen LogP) is 3.02. The molecule has 1 aliphatic heterocycles. The van der Waals surface area contributed by atoms with E-state index in [0.29, 0.717) is 28.1 Å². The SMILES string of the molecule is CC(Oc1cccc(NC(=O)Nc2csc(-c3cccc(S(N)(=O)=O)c3)n2)n1)C1CCCN1. The molecule has 3 aromatic rings. The van der Waals surface area contributed by atoms with E-state index in [1.807, 2.05) is 6.92 Å². The smallest absolute Gasteiger partial charge is 0.326 e. The average Bonchev–Trinajstić information content (AvgIpc) is 3.46. The molecule has 3 heterocycles. The highest BCUT2D eigenvalue weighted by atomic mass is 32.2. The van der Waals surface area contributed by atoms with Crippen LogP contribution in [0.1, 0.15) is 19.8 Å². The molecule has 0 radical (unpaired) electrons. The number of hydrogen-bond acceptors (Lipinski definition) is 8. The second-order valence-corrected chi connectivity index (χ2v) is 10.00. The van der Waals surface area contributed by atoms with Crippen molar-refractivity contribution in [2.45, 2.75) is 36.8 Å². The third-order valence-corrected chi connectivity index (χ3v) is 6.89. The van der Waals surface area contributed by atoms with Crippen LogP contribution in [0.3, 0.4) is 0 Å². The van der Waals surface area contributed by atoms with Crippen molar-refractivity contribution in [3.05, 3.63) is 47.8 Å². The normalized spacial score (nSPS) is 16.8. The van der Waals surface area contributed by atoms with E-state index in [2.05, 4.69) is 25.9 Å². The molecule has 2 amide bonds. The zero-order valence-corrected chi connectivity index (χ0v) is 19.4. The molecule has 1 saturated heterocycles. The van der Waals surface area contributed by atoms with E-state index >= 15 is 0 Å². The predicted molar refractivity (Wildman–Crippen MR) is 127 cm³/mol. The Hall–Kier alpha value is -3.06. The van der Waals surface area contributed by atoms with Crippen LogP contribution in [0.5, 0.6) is 5.88 Å².